The zero-order valence-corrected chi connectivity index (χ0v) is 9.10. The summed E-state index contributed by atoms with van der Waals surface area (Å²) in [6.07, 6.45) is -4.31. The lowest BCUT2D eigenvalue weighted by molar-refractivity contribution is -0.186. The third kappa shape index (κ3) is 4.10. The van der Waals surface area contributed by atoms with Crippen molar-refractivity contribution in [2.75, 3.05) is 13.4 Å². The molecule has 0 unspecified atom stereocenters. The minimum absolute atomic E-state index is 0.399. The summed E-state index contributed by atoms with van der Waals surface area (Å²) in [5.74, 6) is 0.544. The first-order valence-corrected chi connectivity index (χ1v) is 4.73. The normalized spacial score (nSPS) is 11.6. The van der Waals surface area contributed by atoms with Gasteiger partial charge in [-0.3, -0.25) is 0 Å². The Hall–Kier alpha value is -1.23. The number of hydrogen-bond donors (Lipinski definition) is 0. The van der Waals surface area contributed by atoms with Gasteiger partial charge in [0, 0.05) is 0 Å². The van der Waals surface area contributed by atoms with Crippen LogP contribution in [0.15, 0.2) is 18.2 Å². The third-order valence-corrected chi connectivity index (χ3v) is 2.12. The summed E-state index contributed by atoms with van der Waals surface area (Å²) in [6.45, 7) is 2.05. The van der Waals surface area contributed by atoms with E-state index in [2.05, 4.69) is 4.74 Å². The average molecular weight is 234 g/mol. The second-order valence-electron chi connectivity index (χ2n) is 3.42. The molecule has 0 aliphatic carbocycles. The van der Waals surface area contributed by atoms with Gasteiger partial charge < -0.3 is 9.47 Å². The zero-order valence-electron chi connectivity index (χ0n) is 9.10. The van der Waals surface area contributed by atoms with Crippen LogP contribution in [0.25, 0.3) is 0 Å². The molecule has 0 atom stereocenters. The summed E-state index contributed by atoms with van der Waals surface area (Å²) in [6, 6.07) is 5.37. The predicted octanol–water partition coefficient (Wildman–Crippen LogP) is 3.22. The van der Waals surface area contributed by atoms with Gasteiger partial charge >= 0.3 is 6.18 Å². The van der Waals surface area contributed by atoms with Gasteiger partial charge in [0.05, 0.1) is 0 Å². The summed E-state index contributed by atoms with van der Waals surface area (Å²) >= 11 is 0. The second kappa shape index (κ2) is 5.21. The lowest BCUT2D eigenvalue weighted by atomic mass is 10.1. The molecule has 0 amide bonds. The van der Waals surface area contributed by atoms with Crippen LogP contribution in [0.4, 0.5) is 13.2 Å². The van der Waals surface area contributed by atoms with Crippen LogP contribution in [0, 0.1) is 13.8 Å². The molecule has 90 valence electrons. The van der Waals surface area contributed by atoms with Crippen molar-refractivity contribution in [3.63, 3.8) is 0 Å². The molecular formula is C11H13F3O2. The summed E-state index contributed by atoms with van der Waals surface area (Å²) in [5, 5.41) is 0. The van der Waals surface area contributed by atoms with E-state index in [-0.39, 0.29) is 0 Å². The predicted molar refractivity (Wildman–Crippen MR) is 53.4 cm³/mol. The number of rotatable bonds is 4. The fourth-order valence-electron chi connectivity index (χ4n) is 1.14. The molecule has 0 radical (unpaired) electrons. The third-order valence-electron chi connectivity index (χ3n) is 2.12. The Morgan fingerprint density at radius 3 is 2.50 bits per heavy atom. The minimum Gasteiger partial charge on any atom is -0.467 e. The molecule has 0 aromatic heterocycles. The van der Waals surface area contributed by atoms with E-state index >= 15 is 0 Å². The van der Waals surface area contributed by atoms with Crippen LogP contribution < -0.4 is 4.74 Å². The number of benzene rings is 1. The Morgan fingerprint density at radius 2 is 1.88 bits per heavy atom. The van der Waals surface area contributed by atoms with Crippen molar-refractivity contribution in [3.8, 4) is 5.75 Å². The van der Waals surface area contributed by atoms with Gasteiger partial charge in [-0.15, -0.1) is 0 Å². The fraction of sp³-hybridized carbons (Fsp3) is 0.455. The van der Waals surface area contributed by atoms with Gasteiger partial charge in [-0.05, 0) is 31.0 Å². The van der Waals surface area contributed by atoms with Crippen molar-refractivity contribution in [1.82, 2.24) is 0 Å². The summed E-state index contributed by atoms with van der Waals surface area (Å²) in [4.78, 5) is 0. The summed E-state index contributed by atoms with van der Waals surface area (Å²) in [7, 11) is 0. The smallest absolute Gasteiger partial charge is 0.411 e. The molecule has 16 heavy (non-hydrogen) atoms. The van der Waals surface area contributed by atoms with E-state index in [4.69, 9.17) is 4.74 Å². The van der Waals surface area contributed by atoms with E-state index in [9.17, 15) is 13.2 Å². The average Bonchev–Trinajstić information content (AvgIpc) is 2.17. The van der Waals surface area contributed by atoms with Gasteiger partial charge in [0.2, 0.25) is 0 Å². The second-order valence-corrected chi connectivity index (χ2v) is 3.42. The molecule has 5 heteroatoms. The molecular weight excluding hydrogens is 221 g/mol. The van der Waals surface area contributed by atoms with Crippen molar-refractivity contribution < 1.29 is 22.6 Å². The van der Waals surface area contributed by atoms with Gasteiger partial charge in [-0.2, -0.15) is 13.2 Å². The standard InChI is InChI=1S/C11H13F3O2/c1-8-4-3-5-10(9(8)2)16-7-15-6-11(12,13)14/h3-5H,6-7H2,1-2H3. The number of hydrogen-bond acceptors (Lipinski definition) is 2. The largest absolute Gasteiger partial charge is 0.467 e. The van der Waals surface area contributed by atoms with E-state index in [1.165, 1.54) is 0 Å². The molecule has 0 aliphatic heterocycles. The summed E-state index contributed by atoms with van der Waals surface area (Å²) < 4.78 is 44.7. The van der Waals surface area contributed by atoms with Crippen LogP contribution in [-0.2, 0) is 4.74 Å². The van der Waals surface area contributed by atoms with Crippen molar-refractivity contribution >= 4 is 0 Å². The van der Waals surface area contributed by atoms with E-state index in [1.807, 2.05) is 19.9 Å². The SMILES string of the molecule is Cc1cccc(OCOCC(F)(F)F)c1C. The molecule has 0 heterocycles. The molecule has 0 aliphatic rings. The maximum Gasteiger partial charge on any atom is 0.411 e. The van der Waals surface area contributed by atoms with Crippen LogP contribution >= 0.6 is 0 Å². The zero-order chi connectivity index (χ0) is 12.2. The topological polar surface area (TPSA) is 18.5 Å². The van der Waals surface area contributed by atoms with Crippen LogP contribution in [0.5, 0.6) is 5.75 Å². The Labute approximate surface area is 92.0 Å². The monoisotopic (exact) mass is 234 g/mol. The first-order valence-electron chi connectivity index (χ1n) is 4.73. The van der Waals surface area contributed by atoms with Crippen molar-refractivity contribution in [2.24, 2.45) is 0 Å². The number of halogens is 3. The van der Waals surface area contributed by atoms with Gasteiger partial charge in [0.15, 0.2) is 6.79 Å². The number of ether oxygens (including phenoxy) is 2. The lowest BCUT2D eigenvalue weighted by Gasteiger charge is -2.12. The Kier molecular flexibility index (Phi) is 4.18. The molecule has 1 aromatic rings. The molecule has 0 saturated carbocycles. The molecule has 0 bridgehead atoms. The quantitative estimate of drug-likeness (QED) is 0.588. The first-order chi connectivity index (χ1) is 7.40. The maximum absolute atomic E-state index is 11.7. The van der Waals surface area contributed by atoms with E-state index in [0.29, 0.717) is 5.75 Å². The Bertz CT molecular complexity index is 348. The van der Waals surface area contributed by atoms with E-state index in [0.717, 1.165) is 11.1 Å². The van der Waals surface area contributed by atoms with Crippen LogP contribution in [0.1, 0.15) is 11.1 Å². The summed E-state index contributed by atoms with van der Waals surface area (Å²) in [5.41, 5.74) is 1.92. The fourth-order valence-corrected chi connectivity index (χ4v) is 1.14. The molecule has 0 fully saturated rings. The number of alkyl halides is 3. The van der Waals surface area contributed by atoms with E-state index in [1.54, 1.807) is 12.1 Å². The van der Waals surface area contributed by atoms with Gasteiger partial charge in [-0.1, -0.05) is 12.1 Å². The Balaban J connectivity index is 2.41. The molecule has 1 rings (SSSR count). The van der Waals surface area contributed by atoms with E-state index < -0.39 is 19.6 Å². The van der Waals surface area contributed by atoms with Crippen molar-refractivity contribution in [3.05, 3.63) is 29.3 Å². The molecule has 2 nitrogen and oxygen atoms in total. The van der Waals surface area contributed by atoms with Crippen LogP contribution in [-0.4, -0.2) is 19.6 Å². The Morgan fingerprint density at radius 1 is 1.19 bits per heavy atom. The lowest BCUT2D eigenvalue weighted by Crippen LogP contribution is -2.19. The van der Waals surface area contributed by atoms with Gasteiger partial charge in [0.25, 0.3) is 0 Å². The van der Waals surface area contributed by atoms with Crippen LogP contribution in [0.2, 0.25) is 0 Å². The highest BCUT2D eigenvalue weighted by atomic mass is 19.4. The number of aryl methyl sites for hydroxylation is 1. The van der Waals surface area contributed by atoms with Crippen LogP contribution in [0.3, 0.4) is 0 Å². The van der Waals surface area contributed by atoms with Gasteiger partial charge in [0.1, 0.15) is 12.4 Å². The highest BCUT2D eigenvalue weighted by Crippen LogP contribution is 2.21. The van der Waals surface area contributed by atoms with Crippen molar-refractivity contribution in [2.45, 2.75) is 20.0 Å². The molecule has 0 N–H and O–H groups in total. The minimum atomic E-state index is -4.31. The van der Waals surface area contributed by atoms with Crippen molar-refractivity contribution in [1.29, 1.82) is 0 Å². The highest BCUT2D eigenvalue weighted by molar-refractivity contribution is 5.38. The van der Waals surface area contributed by atoms with Gasteiger partial charge in [-0.25, -0.2) is 0 Å². The molecule has 0 spiro atoms. The first kappa shape index (κ1) is 12.8. The molecule has 1 aromatic carbocycles. The maximum atomic E-state index is 11.7. The molecule has 0 saturated heterocycles. The highest BCUT2D eigenvalue weighted by Gasteiger charge is 2.27.